The summed E-state index contributed by atoms with van der Waals surface area (Å²) in [7, 11) is 1.46. The minimum absolute atomic E-state index is 0.157. The van der Waals surface area contributed by atoms with Gasteiger partial charge in [0.2, 0.25) is 0 Å². The molecule has 0 bridgehead atoms. The number of hydrogen-bond donors (Lipinski definition) is 2. The van der Waals surface area contributed by atoms with Gasteiger partial charge < -0.3 is 16.2 Å². The summed E-state index contributed by atoms with van der Waals surface area (Å²) < 4.78 is 6.28. The molecule has 0 spiro atoms. The molecule has 0 atom stereocenters. The third-order valence-corrected chi connectivity index (χ3v) is 2.90. The molecule has 0 amide bonds. The zero-order chi connectivity index (χ0) is 16.1. The second kappa shape index (κ2) is 6.57. The quantitative estimate of drug-likeness (QED) is 0.490. The van der Waals surface area contributed by atoms with Gasteiger partial charge in [0, 0.05) is 19.2 Å². The molecule has 0 aliphatic rings. The van der Waals surface area contributed by atoms with Crippen molar-refractivity contribution >= 4 is 11.6 Å². The van der Waals surface area contributed by atoms with Crippen LogP contribution in [0.25, 0.3) is 17.2 Å². The standard InChI is InChI=1S/C15H17N5O2/c1-10(21)12-9-13(11-5-3-4-8-18-11)20(19-12)14(16)6-7-15(17)22-2/h3-9H,16-17H2,1-2H3/b14-6+,15-7+. The lowest BCUT2D eigenvalue weighted by molar-refractivity contribution is 0.101. The highest BCUT2D eigenvalue weighted by molar-refractivity contribution is 5.93. The summed E-state index contributed by atoms with van der Waals surface area (Å²) in [4.78, 5) is 15.8. The van der Waals surface area contributed by atoms with Crippen molar-refractivity contribution in [3.63, 3.8) is 0 Å². The van der Waals surface area contributed by atoms with Crippen molar-refractivity contribution in [3.05, 3.63) is 54.2 Å². The molecule has 0 saturated carbocycles. The average molecular weight is 299 g/mol. The molecule has 7 heteroatoms. The Bertz CT molecular complexity index is 732. The first-order chi connectivity index (χ1) is 10.5. The predicted molar refractivity (Wildman–Crippen MR) is 83.2 cm³/mol. The van der Waals surface area contributed by atoms with E-state index in [1.807, 2.05) is 12.1 Å². The van der Waals surface area contributed by atoms with Crippen LogP contribution >= 0.6 is 0 Å². The van der Waals surface area contributed by atoms with Crippen molar-refractivity contribution in [2.24, 2.45) is 11.5 Å². The zero-order valence-electron chi connectivity index (χ0n) is 12.4. The molecule has 2 heterocycles. The first-order valence-electron chi connectivity index (χ1n) is 6.52. The molecular formula is C15H17N5O2. The van der Waals surface area contributed by atoms with Crippen LogP contribution in [0.2, 0.25) is 0 Å². The molecule has 0 aliphatic heterocycles. The van der Waals surface area contributed by atoms with Gasteiger partial charge in [0.15, 0.2) is 11.7 Å². The van der Waals surface area contributed by atoms with E-state index in [-0.39, 0.29) is 17.5 Å². The normalized spacial score (nSPS) is 12.3. The Kier molecular flexibility index (Phi) is 4.57. The Hall–Kier alpha value is -3.09. The van der Waals surface area contributed by atoms with Crippen molar-refractivity contribution in [2.75, 3.05) is 7.11 Å². The van der Waals surface area contributed by atoms with Gasteiger partial charge in [-0.15, -0.1) is 0 Å². The minimum atomic E-state index is -0.157. The van der Waals surface area contributed by atoms with Crippen LogP contribution in [0, 0.1) is 0 Å². The molecule has 0 aromatic carbocycles. The molecule has 7 nitrogen and oxygen atoms in total. The molecule has 0 unspecified atom stereocenters. The zero-order valence-corrected chi connectivity index (χ0v) is 12.4. The third-order valence-electron chi connectivity index (χ3n) is 2.90. The monoisotopic (exact) mass is 299 g/mol. The highest BCUT2D eigenvalue weighted by Crippen LogP contribution is 2.20. The van der Waals surface area contributed by atoms with Crippen LogP contribution < -0.4 is 11.5 Å². The largest absolute Gasteiger partial charge is 0.483 e. The fourth-order valence-corrected chi connectivity index (χ4v) is 1.75. The number of hydrogen-bond acceptors (Lipinski definition) is 6. The number of carbonyl (C=O) groups excluding carboxylic acids is 1. The maximum atomic E-state index is 11.6. The summed E-state index contributed by atoms with van der Waals surface area (Å²) in [6, 6.07) is 7.10. The maximum absolute atomic E-state index is 11.6. The molecule has 22 heavy (non-hydrogen) atoms. The number of Topliss-reactive ketones (excluding diaryl/α,β-unsaturated/α-hetero) is 1. The molecule has 114 valence electrons. The first-order valence-corrected chi connectivity index (χ1v) is 6.52. The van der Waals surface area contributed by atoms with Gasteiger partial charge in [0.1, 0.15) is 11.5 Å². The minimum Gasteiger partial charge on any atom is -0.483 e. The summed E-state index contributed by atoms with van der Waals surface area (Å²) in [5.74, 6) is 0.338. The van der Waals surface area contributed by atoms with Gasteiger partial charge in [-0.1, -0.05) is 6.07 Å². The lowest BCUT2D eigenvalue weighted by Crippen LogP contribution is -2.11. The number of allylic oxidation sites excluding steroid dienone is 2. The predicted octanol–water partition coefficient (Wildman–Crippen LogP) is 1.35. The summed E-state index contributed by atoms with van der Waals surface area (Å²) in [5, 5.41) is 4.21. The second-order valence-corrected chi connectivity index (χ2v) is 4.46. The van der Waals surface area contributed by atoms with Crippen molar-refractivity contribution in [1.29, 1.82) is 0 Å². The molecule has 2 aromatic heterocycles. The highest BCUT2D eigenvalue weighted by atomic mass is 16.5. The molecule has 2 aromatic rings. The molecule has 0 radical (unpaired) electrons. The molecule has 0 fully saturated rings. The number of pyridine rings is 1. The van der Waals surface area contributed by atoms with E-state index in [0.29, 0.717) is 17.1 Å². The van der Waals surface area contributed by atoms with Crippen LogP contribution in [-0.2, 0) is 4.74 Å². The van der Waals surface area contributed by atoms with E-state index >= 15 is 0 Å². The Balaban J connectivity index is 2.52. The Labute approximate surface area is 127 Å². The summed E-state index contributed by atoms with van der Waals surface area (Å²) in [6.45, 7) is 1.44. The SMILES string of the molecule is CO/C(N)=C/C=C(\N)n1nc(C(C)=O)cc1-c1ccccn1. The number of aromatic nitrogens is 3. The van der Waals surface area contributed by atoms with Gasteiger partial charge in [0.25, 0.3) is 0 Å². The van der Waals surface area contributed by atoms with Gasteiger partial charge >= 0.3 is 0 Å². The smallest absolute Gasteiger partial charge is 0.183 e. The number of methoxy groups -OCH3 is 1. The van der Waals surface area contributed by atoms with Gasteiger partial charge in [-0.2, -0.15) is 5.10 Å². The third kappa shape index (κ3) is 3.32. The maximum Gasteiger partial charge on any atom is 0.183 e. The van der Waals surface area contributed by atoms with Crippen molar-refractivity contribution < 1.29 is 9.53 Å². The van der Waals surface area contributed by atoms with Crippen LogP contribution in [0.3, 0.4) is 0 Å². The average Bonchev–Trinajstić information content (AvgIpc) is 2.98. The van der Waals surface area contributed by atoms with E-state index in [2.05, 4.69) is 10.1 Å². The van der Waals surface area contributed by atoms with Crippen LogP contribution in [0.15, 0.2) is 48.5 Å². The number of ketones is 1. The van der Waals surface area contributed by atoms with Crippen LogP contribution in [0.5, 0.6) is 0 Å². The fraction of sp³-hybridized carbons (Fsp3) is 0.133. The summed E-state index contributed by atoms with van der Waals surface area (Å²) in [6.07, 6.45) is 4.71. The van der Waals surface area contributed by atoms with Crippen LogP contribution in [0.1, 0.15) is 17.4 Å². The van der Waals surface area contributed by atoms with E-state index < -0.39 is 0 Å². The first kappa shape index (κ1) is 15.3. The fourth-order valence-electron chi connectivity index (χ4n) is 1.75. The summed E-state index contributed by atoms with van der Waals surface area (Å²) in [5.41, 5.74) is 13.1. The van der Waals surface area contributed by atoms with E-state index in [0.717, 1.165) is 0 Å². The molecule has 0 aliphatic carbocycles. The Morgan fingerprint density at radius 2 is 2.09 bits per heavy atom. The molecule has 4 N–H and O–H groups in total. The van der Waals surface area contributed by atoms with E-state index in [1.165, 1.54) is 24.8 Å². The summed E-state index contributed by atoms with van der Waals surface area (Å²) >= 11 is 0. The van der Waals surface area contributed by atoms with Crippen LogP contribution in [-0.4, -0.2) is 27.7 Å². The van der Waals surface area contributed by atoms with Crippen molar-refractivity contribution in [2.45, 2.75) is 6.92 Å². The van der Waals surface area contributed by atoms with Crippen molar-refractivity contribution in [1.82, 2.24) is 14.8 Å². The highest BCUT2D eigenvalue weighted by Gasteiger charge is 2.14. The molecule has 2 rings (SSSR count). The number of rotatable bonds is 5. The molecule has 0 saturated heterocycles. The number of ether oxygens (including phenoxy) is 1. The second-order valence-electron chi connectivity index (χ2n) is 4.46. The molecular weight excluding hydrogens is 282 g/mol. The lowest BCUT2D eigenvalue weighted by Gasteiger charge is -2.06. The van der Waals surface area contributed by atoms with E-state index in [1.54, 1.807) is 24.4 Å². The lowest BCUT2D eigenvalue weighted by atomic mass is 10.2. The number of nitrogens with two attached hydrogens (primary N) is 2. The van der Waals surface area contributed by atoms with E-state index in [9.17, 15) is 4.79 Å². The van der Waals surface area contributed by atoms with Gasteiger partial charge in [-0.3, -0.25) is 9.78 Å². The number of nitrogens with zero attached hydrogens (tertiary/aromatic N) is 3. The van der Waals surface area contributed by atoms with Gasteiger partial charge in [-0.05, 0) is 24.3 Å². The van der Waals surface area contributed by atoms with E-state index in [4.69, 9.17) is 16.2 Å². The van der Waals surface area contributed by atoms with Gasteiger partial charge in [-0.25, -0.2) is 4.68 Å². The Morgan fingerprint density at radius 1 is 1.32 bits per heavy atom. The number of carbonyl (C=O) groups is 1. The van der Waals surface area contributed by atoms with Crippen molar-refractivity contribution in [3.8, 4) is 11.4 Å². The van der Waals surface area contributed by atoms with Crippen LogP contribution in [0.4, 0.5) is 0 Å². The van der Waals surface area contributed by atoms with Gasteiger partial charge in [0.05, 0.1) is 18.5 Å². The Morgan fingerprint density at radius 3 is 2.68 bits per heavy atom. The topological polar surface area (TPSA) is 109 Å².